The molecule has 2 N–H and O–H groups in total. The van der Waals surface area contributed by atoms with E-state index < -0.39 is 27.8 Å². The third-order valence-corrected chi connectivity index (χ3v) is 4.58. The molecule has 0 spiro atoms. The fourth-order valence-corrected chi connectivity index (χ4v) is 3.66. The van der Waals surface area contributed by atoms with Gasteiger partial charge in [-0.1, -0.05) is 6.07 Å². The SMILES string of the molecule is Cc1ccc(F)cc1NC1CS(=O)(=O)CC1O. The lowest BCUT2D eigenvalue weighted by Crippen LogP contribution is -2.32. The van der Waals surface area contributed by atoms with Gasteiger partial charge in [0.05, 0.1) is 23.7 Å². The summed E-state index contributed by atoms with van der Waals surface area (Å²) < 4.78 is 35.7. The summed E-state index contributed by atoms with van der Waals surface area (Å²) in [6.45, 7) is 1.79. The Labute approximate surface area is 99.4 Å². The summed E-state index contributed by atoms with van der Waals surface area (Å²) in [5, 5.41) is 12.5. The Bertz CT molecular complexity index is 530. The van der Waals surface area contributed by atoms with Gasteiger partial charge in [-0.3, -0.25) is 0 Å². The molecule has 0 bridgehead atoms. The van der Waals surface area contributed by atoms with Gasteiger partial charge in [-0.15, -0.1) is 0 Å². The number of aliphatic hydroxyl groups is 1. The van der Waals surface area contributed by atoms with E-state index in [2.05, 4.69) is 5.32 Å². The van der Waals surface area contributed by atoms with E-state index in [0.29, 0.717) is 5.69 Å². The van der Waals surface area contributed by atoms with Gasteiger partial charge in [-0.05, 0) is 24.6 Å². The van der Waals surface area contributed by atoms with Gasteiger partial charge in [0, 0.05) is 5.69 Å². The van der Waals surface area contributed by atoms with Gasteiger partial charge in [-0.25, -0.2) is 12.8 Å². The first-order chi connectivity index (χ1) is 7.87. The van der Waals surface area contributed by atoms with Gasteiger partial charge in [0.1, 0.15) is 5.82 Å². The number of halogens is 1. The summed E-state index contributed by atoms with van der Waals surface area (Å²) in [6, 6.07) is 3.67. The van der Waals surface area contributed by atoms with E-state index >= 15 is 0 Å². The minimum absolute atomic E-state index is 0.121. The maximum Gasteiger partial charge on any atom is 0.155 e. The molecule has 1 aliphatic rings. The van der Waals surface area contributed by atoms with Gasteiger partial charge in [-0.2, -0.15) is 0 Å². The number of nitrogens with one attached hydrogen (secondary N) is 1. The number of benzene rings is 1. The van der Waals surface area contributed by atoms with E-state index in [1.54, 1.807) is 13.0 Å². The number of hydrogen-bond acceptors (Lipinski definition) is 4. The maximum atomic E-state index is 13.0. The van der Waals surface area contributed by atoms with Crippen molar-refractivity contribution in [3.8, 4) is 0 Å². The number of sulfone groups is 1. The van der Waals surface area contributed by atoms with Crippen molar-refractivity contribution in [3.05, 3.63) is 29.6 Å². The van der Waals surface area contributed by atoms with E-state index in [0.717, 1.165) is 5.56 Å². The summed E-state index contributed by atoms with van der Waals surface area (Å²) in [6.07, 6.45) is -0.942. The minimum Gasteiger partial charge on any atom is -0.390 e. The molecule has 6 heteroatoms. The Kier molecular flexibility index (Phi) is 3.09. The van der Waals surface area contributed by atoms with Gasteiger partial charge in [0.15, 0.2) is 9.84 Å². The molecule has 1 aliphatic heterocycles. The van der Waals surface area contributed by atoms with Crippen LogP contribution in [0.15, 0.2) is 18.2 Å². The Balaban J connectivity index is 2.19. The van der Waals surface area contributed by atoms with Crippen LogP contribution in [0.4, 0.5) is 10.1 Å². The van der Waals surface area contributed by atoms with Crippen molar-refractivity contribution in [2.24, 2.45) is 0 Å². The van der Waals surface area contributed by atoms with Crippen LogP contribution in [0.1, 0.15) is 5.56 Å². The van der Waals surface area contributed by atoms with Crippen LogP contribution in [-0.2, 0) is 9.84 Å². The number of rotatable bonds is 2. The van der Waals surface area contributed by atoms with Crippen LogP contribution in [0.3, 0.4) is 0 Å². The van der Waals surface area contributed by atoms with Crippen LogP contribution >= 0.6 is 0 Å². The van der Waals surface area contributed by atoms with Crippen LogP contribution in [-0.4, -0.2) is 37.2 Å². The molecule has 1 fully saturated rings. The molecule has 0 aliphatic carbocycles. The monoisotopic (exact) mass is 259 g/mol. The lowest BCUT2D eigenvalue weighted by Gasteiger charge is -2.17. The third kappa shape index (κ3) is 2.76. The molecule has 2 rings (SSSR count). The van der Waals surface area contributed by atoms with E-state index in [4.69, 9.17) is 0 Å². The molecule has 0 amide bonds. The molecule has 1 saturated heterocycles. The molecule has 0 radical (unpaired) electrons. The second-order valence-electron chi connectivity index (χ2n) is 4.35. The lowest BCUT2D eigenvalue weighted by molar-refractivity contribution is 0.190. The molecule has 17 heavy (non-hydrogen) atoms. The lowest BCUT2D eigenvalue weighted by atomic mass is 10.1. The predicted molar refractivity (Wildman–Crippen MR) is 63.2 cm³/mol. The summed E-state index contributed by atoms with van der Waals surface area (Å²) in [4.78, 5) is 0. The van der Waals surface area contributed by atoms with Crippen LogP contribution < -0.4 is 5.32 Å². The van der Waals surface area contributed by atoms with Gasteiger partial charge in [0.2, 0.25) is 0 Å². The zero-order valence-corrected chi connectivity index (χ0v) is 10.2. The molecule has 1 heterocycles. The van der Waals surface area contributed by atoms with Gasteiger partial charge < -0.3 is 10.4 Å². The highest BCUT2D eigenvalue weighted by Crippen LogP contribution is 2.21. The van der Waals surface area contributed by atoms with Crippen LogP contribution in [0, 0.1) is 12.7 Å². The zero-order chi connectivity index (χ0) is 12.6. The topological polar surface area (TPSA) is 66.4 Å². The molecule has 2 unspecified atom stereocenters. The zero-order valence-electron chi connectivity index (χ0n) is 9.35. The highest BCUT2D eigenvalue weighted by molar-refractivity contribution is 7.91. The van der Waals surface area contributed by atoms with Gasteiger partial charge >= 0.3 is 0 Å². The smallest absolute Gasteiger partial charge is 0.155 e. The minimum atomic E-state index is -3.19. The first kappa shape index (κ1) is 12.3. The number of aliphatic hydroxyl groups excluding tert-OH is 1. The van der Waals surface area contributed by atoms with Crippen molar-refractivity contribution in [2.75, 3.05) is 16.8 Å². The largest absolute Gasteiger partial charge is 0.390 e. The van der Waals surface area contributed by atoms with E-state index in [9.17, 15) is 17.9 Å². The molecular weight excluding hydrogens is 245 g/mol. The summed E-state index contributed by atoms with van der Waals surface area (Å²) >= 11 is 0. The Morgan fingerprint density at radius 1 is 1.41 bits per heavy atom. The molecule has 94 valence electrons. The molecule has 2 atom stereocenters. The summed E-state index contributed by atoms with van der Waals surface area (Å²) in [7, 11) is -3.19. The first-order valence-corrected chi connectivity index (χ1v) is 7.11. The van der Waals surface area contributed by atoms with Crippen LogP contribution in [0.5, 0.6) is 0 Å². The average Bonchev–Trinajstić information content (AvgIpc) is 2.46. The van der Waals surface area contributed by atoms with Crippen molar-refractivity contribution >= 4 is 15.5 Å². The quantitative estimate of drug-likeness (QED) is 0.820. The highest BCUT2D eigenvalue weighted by Gasteiger charge is 2.36. The molecule has 0 aromatic heterocycles. The molecule has 4 nitrogen and oxygen atoms in total. The van der Waals surface area contributed by atoms with Crippen molar-refractivity contribution in [2.45, 2.75) is 19.1 Å². The average molecular weight is 259 g/mol. The number of hydrogen-bond donors (Lipinski definition) is 2. The molecule has 0 saturated carbocycles. The van der Waals surface area contributed by atoms with E-state index in [-0.39, 0.29) is 11.5 Å². The summed E-state index contributed by atoms with van der Waals surface area (Å²) in [5.74, 6) is -0.753. The second kappa shape index (κ2) is 4.27. The Morgan fingerprint density at radius 2 is 2.12 bits per heavy atom. The highest BCUT2D eigenvalue weighted by atomic mass is 32.2. The first-order valence-electron chi connectivity index (χ1n) is 5.28. The van der Waals surface area contributed by atoms with Crippen molar-refractivity contribution in [1.29, 1.82) is 0 Å². The van der Waals surface area contributed by atoms with Crippen LogP contribution in [0.2, 0.25) is 0 Å². The van der Waals surface area contributed by atoms with Crippen molar-refractivity contribution in [3.63, 3.8) is 0 Å². The predicted octanol–water partition coefficient (Wildman–Crippen LogP) is 0.704. The van der Waals surface area contributed by atoms with Crippen molar-refractivity contribution < 1.29 is 17.9 Å². The fourth-order valence-electron chi connectivity index (χ4n) is 1.92. The second-order valence-corrected chi connectivity index (χ2v) is 6.51. The number of aryl methyl sites for hydroxylation is 1. The molecule has 1 aromatic rings. The standard InChI is InChI=1S/C11H14FNO3S/c1-7-2-3-8(12)4-9(7)13-10-5-17(15,16)6-11(10)14/h2-4,10-11,13-14H,5-6H2,1H3. The van der Waals surface area contributed by atoms with E-state index in [1.807, 2.05) is 0 Å². The normalized spacial score (nSPS) is 27.0. The Hall–Kier alpha value is -1.14. The molecular formula is C11H14FNO3S. The number of anilines is 1. The Morgan fingerprint density at radius 3 is 2.71 bits per heavy atom. The molecule has 1 aromatic carbocycles. The summed E-state index contributed by atoms with van der Waals surface area (Å²) in [5.41, 5.74) is 1.33. The van der Waals surface area contributed by atoms with Crippen molar-refractivity contribution in [1.82, 2.24) is 0 Å². The fraction of sp³-hybridized carbons (Fsp3) is 0.455. The maximum absolute atomic E-state index is 13.0. The third-order valence-electron chi connectivity index (χ3n) is 2.86. The van der Waals surface area contributed by atoms with Crippen LogP contribution in [0.25, 0.3) is 0 Å². The van der Waals surface area contributed by atoms with E-state index in [1.165, 1.54) is 12.1 Å². The van der Waals surface area contributed by atoms with Gasteiger partial charge in [0.25, 0.3) is 0 Å².